The van der Waals surface area contributed by atoms with Crippen molar-refractivity contribution in [1.82, 2.24) is 30.5 Å². The first-order chi connectivity index (χ1) is 22.3. The predicted molar refractivity (Wildman–Crippen MR) is 170 cm³/mol. The van der Waals surface area contributed by atoms with Gasteiger partial charge in [0.25, 0.3) is 11.8 Å². The molecule has 2 amide bonds. The number of nitrogens with one attached hydrogen (secondary N) is 3. The maximum atomic E-state index is 13.3. The van der Waals surface area contributed by atoms with E-state index < -0.39 is 11.9 Å². The molecule has 1 saturated heterocycles. The fourth-order valence-corrected chi connectivity index (χ4v) is 4.87. The molecule has 13 heteroatoms. The van der Waals surface area contributed by atoms with E-state index in [-0.39, 0.29) is 34.4 Å². The van der Waals surface area contributed by atoms with E-state index >= 15 is 0 Å². The van der Waals surface area contributed by atoms with Gasteiger partial charge in [-0.3, -0.25) is 14.5 Å². The lowest BCUT2D eigenvalue weighted by Crippen LogP contribution is -2.41. The molecule has 236 valence electrons. The minimum absolute atomic E-state index is 0.0512. The number of hydrogen-bond donors (Lipinski definition) is 4. The third-order valence-corrected chi connectivity index (χ3v) is 7.52. The van der Waals surface area contributed by atoms with Crippen molar-refractivity contribution < 1.29 is 18.7 Å². The van der Waals surface area contributed by atoms with Gasteiger partial charge in [-0.15, -0.1) is 0 Å². The van der Waals surface area contributed by atoms with Crippen LogP contribution >= 0.6 is 0 Å². The van der Waals surface area contributed by atoms with E-state index in [2.05, 4.69) is 35.8 Å². The number of anilines is 2. The summed E-state index contributed by atoms with van der Waals surface area (Å²) >= 11 is 0. The quantitative estimate of drug-likeness (QED) is 0.194. The summed E-state index contributed by atoms with van der Waals surface area (Å²) in [5.41, 5.74) is 9.34. The first-order valence-corrected chi connectivity index (χ1v) is 14.8. The third kappa shape index (κ3) is 8.17. The summed E-state index contributed by atoms with van der Waals surface area (Å²) in [6.45, 7) is 6.31. The Labute approximate surface area is 265 Å². The predicted octanol–water partition coefficient (Wildman–Crippen LogP) is 3.30. The molecule has 3 heterocycles. The molecule has 0 spiro atoms. The van der Waals surface area contributed by atoms with Gasteiger partial charge in [0, 0.05) is 44.5 Å². The summed E-state index contributed by atoms with van der Waals surface area (Å²) in [6.07, 6.45) is 2.91. The number of ether oxygens (including phenoxy) is 1. The van der Waals surface area contributed by atoms with Crippen molar-refractivity contribution in [3.63, 3.8) is 0 Å². The molecule has 5 rings (SSSR count). The van der Waals surface area contributed by atoms with Crippen molar-refractivity contribution >= 4 is 23.5 Å². The summed E-state index contributed by atoms with van der Waals surface area (Å²) < 4.78 is 18.7. The van der Waals surface area contributed by atoms with Crippen molar-refractivity contribution in [2.75, 3.05) is 50.4 Å². The molecule has 1 unspecified atom stereocenters. The fourth-order valence-electron chi connectivity index (χ4n) is 4.87. The molecule has 12 nitrogen and oxygen atoms in total. The van der Waals surface area contributed by atoms with Crippen molar-refractivity contribution in [2.45, 2.75) is 19.5 Å². The van der Waals surface area contributed by atoms with Crippen LogP contribution in [0.5, 0.6) is 0 Å². The van der Waals surface area contributed by atoms with Crippen LogP contribution in [-0.2, 0) is 11.3 Å². The molecule has 4 aromatic rings. The lowest BCUT2D eigenvalue weighted by molar-refractivity contribution is 0.0383. The van der Waals surface area contributed by atoms with Gasteiger partial charge in [-0.05, 0) is 36.2 Å². The number of hydrogen-bond acceptors (Lipinski definition) is 10. The minimum Gasteiger partial charge on any atom is -0.382 e. The van der Waals surface area contributed by atoms with E-state index in [1.807, 2.05) is 30.3 Å². The number of morpholine rings is 1. The maximum absolute atomic E-state index is 13.3. The molecule has 5 N–H and O–H groups in total. The largest absolute Gasteiger partial charge is 0.382 e. The number of amides is 2. The van der Waals surface area contributed by atoms with Gasteiger partial charge in [0.05, 0.1) is 42.3 Å². The van der Waals surface area contributed by atoms with Crippen LogP contribution in [0.15, 0.2) is 67.0 Å². The number of carbonyl (C=O) groups is 2. The number of nitrogen functional groups attached to an aromatic ring is 1. The first kappa shape index (κ1) is 32.0. The minimum atomic E-state index is -0.429. The number of pyridine rings is 1. The molecule has 0 saturated carbocycles. The van der Waals surface area contributed by atoms with E-state index in [1.165, 1.54) is 30.6 Å². The van der Waals surface area contributed by atoms with Gasteiger partial charge in [0.2, 0.25) is 0 Å². The van der Waals surface area contributed by atoms with Gasteiger partial charge in [-0.2, -0.15) is 5.26 Å². The van der Waals surface area contributed by atoms with Crippen molar-refractivity contribution in [2.24, 2.45) is 0 Å². The summed E-state index contributed by atoms with van der Waals surface area (Å²) in [5, 5.41) is 18.3. The molecule has 46 heavy (non-hydrogen) atoms. The molecule has 0 radical (unpaired) electrons. The zero-order valence-corrected chi connectivity index (χ0v) is 25.3. The lowest BCUT2D eigenvalue weighted by atomic mass is 10.1. The van der Waals surface area contributed by atoms with Crippen LogP contribution < -0.4 is 21.7 Å². The number of nitriles is 1. The molecule has 2 aromatic carbocycles. The summed E-state index contributed by atoms with van der Waals surface area (Å²) in [7, 11) is 0. The second kappa shape index (κ2) is 15.0. The highest BCUT2D eigenvalue weighted by Crippen LogP contribution is 2.22. The standard InChI is InChI=1S/C33H34FN9O3/c1-21(24-6-8-26(34)9-7-24)41-32(44)27-16-23(17-35)19-40-31(27)39-18-22-2-4-25(5-3-22)28-20-38-30(36)29(42-28)33(45)37-10-11-43-12-14-46-15-13-43/h2-9,16,19-21H,10-15,18H2,1H3,(H2,36,38)(H,37,45)(H,39,40)(H,41,44). The van der Waals surface area contributed by atoms with Crippen LogP contribution in [0.4, 0.5) is 16.0 Å². The first-order valence-electron chi connectivity index (χ1n) is 14.8. The van der Waals surface area contributed by atoms with Crippen LogP contribution in [0.2, 0.25) is 0 Å². The molecular formula is C33H34FN9O3. The van der Waals surface area contributed by atoms with Crippen LogP contribution in [-0.4, -0.2) is 71.1 Å². The summed E-state index contributed by atoms with van der Waals surface area (Å²) in [5.74, 6) is -0.822. The highest BCUT2D eigenvalue weighted by Gasteiger charge is 2.18. The molecule has 1 aliphatic rings. The molecule has 2 aromatic heterocycles. The number of nitrogens with zero attached hydrogens (tertiary/aromatic N) is 5. The highest BCUT2D eigenvalue weighted by molar-refractivity contribution is 5.99. The molecule has 1 aliphatic heterocycles. The molecule has 1 atom stereocenters. The Morgan fingerprint density at radius 3 is 2.52 bits per heavy atom. The fraction of sp³-hybridized carbons (Fsp3) is 0.273. The smallest absolute Gasteiger partial charge is 0.273 e. The number of rotatable bonds is 11. The third-order valence-electron chi connectivity index (χ3n) is 7.52. The van der Waals surface area contributed by atoms with E-state index in [9.17, 15) is 19.2 Å². The second-order valence-electron chi connectivity index (χ2n) is 10.7. The zero-order valence-electron chi connectivity index (χ0n) is 25.3. The maximum Gasteiger partial charge on any atom is 0.273 e. The number of nitrogens with two attached hydrogens (primary N) is 1. The average Bonchev–Trinajstić information content (AvgIpc) is 3.08. The highest BCUT2D eigenvalue weighted by atomic mass is 19.1. The van der Waals surface area contributed by atoms with E-state index in [4.69, 9.17) is 10.5 Å². The second-order valence-corrected chi connectivity index (χ2v) is 10.7. The van der Waals surface area contributed by atoms with Crippen molar-refractivity contribution in [3.05, 3.63) is 101 Å². The Balaban J connectivity index is 1.22. The monoisotopic (exact) mass is 623 g/mol. The molecular weight excluding hydrogens is 589 g/mol. The average molecular weight is 624 g/mol. The molecule has 0 bridgehead atoms. The lowest BCUT2D eigenvalue weighted by Gasteiger charge is -2.26. The number of benzene rings is 2. The Hall–Kier alpha value is -5.45. The molecule has 1 fully saturated rings. The van der Waals surface area contributed by atoms with E-state index in [1.54, 1.807) is 19.1 Å². The van der Waals surface area contributed by atoms with Crippen LogP contribution in [0.25, 0.3) is 11.3 Å². The zero-order chi connectivity index (χ0) is 32.5. The van der Waals surface area contributed by atoms with Gasteiger partial charge in [-0.1, -0.05) is 36.4 Å². The van der Waals surface area contributed by atoms with Crippen LogP contribution in [0.1, 0.15) is 50.5 Å². The summed E-state index contributed by atoms with van der Waals surface area (Å²) in [6, 6.07) is 16.4. The van der Waals surface area contributed by atoms with Crippen LogP contribution in [0.3, 0.4) is 0 Å². The van der Waals surface area contributed by atoms with Gasteiger partial charge >= 0.3 is 0 Å². The van der Waals surface area contributed by atoms with E-state index in [0.29, 0.717) is 44.4 Å². The summed E-state index contributed by atoms with van der Waals surface area (Å²) in [4.78, 5) is 41.2. The normalized spacial score (nSPS) is 13.8. The Morgan fingerprint density at radius 2 is 1.80 bits per heavy atom. The van der Waals surface area contributed by atoms with E-state index in [0.717, 1.165) is 29.8 Å². The number of halogens is 1. The molecule has 0 aliphatic carbocycles. The van der Waals surface area contributed by atoms with Gasteiger partial charge < -0.3 is 26.4 Å². The van der Waals surface area contributed by atoms with Gasteiger partial charge in [-0.25, -0.2) is 19.3 Å². The number of carbonyl (C=O) groups excluding carboxylic acids is 2. The van der Waals surface area contributed by atoms with Crippen molar-refractivity contribution in [3.8, 4) is 17.3 Å². The Morgan fingerprint density at radius 1 is 1.07 bits per heavy atom. The Kier molecular flexibility index (Phi) is 10.4. The topological polar surface area (TPSA) is 171 Å². The Bertz CT molecular complexity index is 1720. The number of aromatic nitrogens is 3. The van der Waals surface area contributed by atoms with Crippen molar-refractivity contribution in [1.29, 1.82) is 5.26 Å². The van der Waals surface area contributed by atoms with Gasteiger partial charge in [0.1, 0.15) is 17.7 Å². The van der Waals surface area contributed by atoms with Crippen LogP contribution in [0, 0.1) is 17.1 Å². The SMILES string of the molecule is CC(NC(=O)c1cc(C#N)cnc1NCc1ccc(-c2cnc(N)c(C(=O)NCCN3CCOCC3)n2)cc1)c1ccc(F)cc1. The van der Waals surface area contributed by atoms with Gasteiger partial charge in [0.15, 0.2) is 11.5 Å².